The minimum Gasteiger partial charge on any atom is -0.754 e. The molecule has 0 aliphatic carbocycles. The molecule has 0 spiro atoms. The van der Waals surface area contributed by atoms with Gasteiger partial charge < -0.3 is 9.11 Å². The summed E-state index contributed by atoms with van der Waals surface area (Å²) in [4.78, 5) is 0. The molecule has 1 rings (SSSR count). The van der Waals surface area contributed by atoms with Crippen LogP contribution in [0.2, 0.25) is 0 Å². The average Bonchev–Trinajstić information content (AvgIpc) is 2.04. The van der Waals surface area contributed by atoms with E-state index in [-0.39, 0.29) is 9.40 Å². The molecule has 0 heterocycles. The fraction of sp³-hybridized carbons (Fsp3) is 0. The van der Waals surface area contributed by atoms with Crippen LogP contribution >= 0.6 is 0 Å². The van der Waals surface area contributed by atoms with Gasteiger partial charge in [0.1, 0.15) is 0 Å². The van der Waals surface area contributed by atoms with Crippen molar-refractivity contribution in [1.29, 1.82) is 0 Å². The van der Waals surface area contributed by atoms with Gasteiger partial charge in [0.2, 0.25) is 0 Å². The van der Waals surface area contributed by atoms with Gasteiger partial charge in [-0.2, -0.15) is 0 Å². The van der Waals surface area contributed by atoms with E-state index >= 15 is 0 Å². The highest BCUT2D eigenvalue weighted by Gasteiger charge is 2.05. The highest BCUT2D eigenvalue weighted by molar-refractivity contribution is 7.98. The summed E-state index contributed by atoms with van der Waals surface area (Å²) >= 11 is -5.63. The number of benzene rings is 1. The van der Waals surface area contributed by atoms with Crippen LogP contribution in [0.4, 0.5) is 5.69 Å². The Bertz CT molecular complexity index is 315. The summed E-state index contributed by atoms with van der Waals surface area (Å²) in [5.74, 6) is 0. The molecule has 13 heavy (non-hydrogen) atoms. The molecule has 0 amide bonds. The molecule has 0 fully saturated rings. The predicted molar refractivity (Wildman–Crippen MR) is 46.8 cm³/mol. The van der Waals surface area contributed by atoms with Crippen LogP contribution in [0.1, 0.15) is 0 Å². The smallest absolute Gasteiger partial charge is 0.0620 e. The lowest BCUT2D eigenvalue weighted by Gasteiger charge is -2.27. The number of nitrogens with zero attached hydrogens (tertiary/aromatic N) is 1. The maximum absolute atomic E-state index is 10.5. The maximum Gasteiger partial charge on any atom is 0.0620 e. The number of hydrogen-bond acceptors (Lipinski definition) is 4. The van der Waals surface area contributed by atoms with Gasteiger partial charge in [-0.1, -0.05) is 18.2 Å². The molecule has 1 aromatic carbocycles. The number of rotatable bonds is 3. The molecular formula is C6H5NO4S2-2. The Hall–Kier alpha value is -0.760. The Balaban J connectivity index is 3.03. The molecule has 0 radical (unpaired) electrons. The van der Waals surface area contributed by atoms with E-state index in [4.69, 9.17) is 0 Å². The summed E-state index contributed by atoms with van der Waals surface area (Å²) in [5, 5.41) is 0. The molecule has 5 nitrogen and oxygen atoms in total. The second-order valence-electron chi connectivity index (χ2n) is 2.03. The van der Waals surface area contributed by atoms with Crippen LogP contribution in [0, 0.1) is 0 Å². The van der Waals surface area contributed by atoms with E-state index in [1.807, 2.05) is 0 Å². The lowest BCUT2D eigenvalue weighted by molar-refractivity contribution is 0.523. The standard InChI is InChI=1S/C6H7NO4S2/c8-12(9)7(13(10)11)6-4-2-1-3-5-6/h1-5H,(H,8,9)(H,10,11)/p-2. The molecule has 0 N–H and O–H groups in total. The SMILES string of the molecule is O=S([O-])N(c1ccccc1)S(=O)[O-]. The number of para-hydroxylation sites is 1. The zero-order valence-electron chi connectivity index (χ0n) is 6.28. The first kappa shape index (κ1) is 10.3. The molecule has 2 atom stereocenters. The third-order valence-electron chi connectivity index (χ3n) is 1.24. The third-order valence-corrected chi connectivity index (χ3v) is 2.93. The third kappa shape index (κ3) is 2.59. The van der Waals surface area contributed by atoms with Crippen molar-refractivity contribution in [2.24, 2.45) is 0 Å². The van der Waals surface area contributed by atoms with Crippen molar-refractivity contribution in [2.75, 3.05) is 3.71 Å². The van der Waals surface area contributed by atoms with Crippen molar-refractivity contribution in [3.05, 3.63) is 30.3 Å². The van der Waals surface area contributed by atoms with Crippen LogP contribution in [0.5, 0.6) is 0 Å². The van der Waals surface area contributed by atoms with Gasteiger partial charge in [-0.25, -0.2) is 3.71 Å². The largest absolute Gasteiger partial charge is 0.754 e. The van der Waals surface area contributed by atoms with Crippen molar-refractivity contribution in [1.82, 2.24) is 0 Å². The maximum atomic E-state index is 10.5. The molecule has 0 aromatic heterocycles. The Kier molecular flexibility index (Phi) is 3.55. The van der Waals surface area contributed by atoms with Crippen LogP contribution in [-0.2, 0) is 22.5 Å². The van der Waals surface area contributed by atoms with Crippen LogP contribution in [0.3, 0.4) is 0 Å². The van der Waals surface area contributed by atoms with Crippen molar-refractivity contribution in [2.45, 2.75) is 0 Å². The Morgan fingerprint density at radius 3 is 1.85 bits per heavy atom. The van der Waals surface area contributed by atoms with E-state index in [0.29, 0.717) is 0 Å². The van der Waals surface area contributed by atoms with Crippen molar-refractivity contribution < 1.29 is 17.5 Å². The number of anilines is 1. The van der Waals surface area contributed by atoms with Gasteiger partial charge in [0.15, 0.2) is 0 Å². The van der Waals surface area contributed by atoms with Gasteiger partial charge in [0.25, 0.3) is 0 Å². The topological polar surface area (TPSA) is 83.5 Å². The lowest BCUT2D eigenvalue weighted by atomic mass is 10.3. The highest BCUT2D eigenvalue weighted by Crippen LogP contribution is 2.15. The van der Waals surface area contributed by atoms with E-state index in [0.717, 1.165) is 0 Å². The summed E-state index contributed by atoms with van der Waals surface area (Å²) in [6, 6.07) is 7.50. The minimum absolute atomic E-state index is 0.0872. The van der Waals surface area contributed by atoms with E-state index in [1.165, 1.54) is 12.1 Å². The van der Waals surface area contributed by atoms with Gasteiger partial charge in [0, 0.05) is 0 Å². The van der Waals surface area contributed by atoms with Gasteiger partial charge in [-0.05, 0) is 12.1 Å². The molecule has 0 aliphatic heterocycles. The molecule has 0 aliphatic rings. The first-order valence-electron chi connectivity index (χ1n) is 3.17. The second kappa shape index (κ2) is 4.47. The Morgan fingerprint density at radius 2 is 1.46 bits per heavy atom. The van der Waals surface area contributed by atoms with Gasteiger partial charge >= 0.3 is 0 Å². The fourth-order valence-electron chi connectivity index (χ4n) is 0.772. The number of hydrogen-bond donors (Lipinski definition) is 0. The minimum atomic E-state index is -2.81. The van der Waals surface area contributed by atoms with Gasteiger partial charge in [0.05, 0.1) is 28.2 Å². The molecule has 1 aromatic rings. The molecule has 72 valence electrons. The molecule has 7 heteroatoms. The second-order valence-corrected chi connectivity index (χ2v) is 3.86. The molecule has 0 bridgehead atoms. The lowest BCUT2D eigenvalue weighted by Crippen LogP contribution is -2.27. The monoisotopic (exact) mass is 219 g/mol. The quantitative estimate of drug-likeness (QED) is 0.674. The van der Waals surface area contributed by atoms with E-state index in [2.05, 4.69) is 0 Å². The zero-order valence-corrected chi connectivity index (χ0v) is 7.92. The van der Waals surface area contributed by atoms with Crippen LogP contribution in [-0.4, -0.2) is 17.5 Å². The van der Waals surface area contributed by atoms with Crippen molar-refractivity contribution in [3.8, 4) is 0 Å². The zero-order chi connectivity index (χ0) is 9.84. The van der Waals surface area contributed by atoms with Crippen LogP contribution in [0.25, 0.3) is 0 Å². The normalized spacial score (nSPS) is 14.9. The van der Waals surface area contributed by atoms with E-state index in [9.17, 15) is 17.5 Å². The first-order valence-corrected chi connectivity index (χ1v) is 5.23. The molecule has 0 saturated heterocycles. The summed E-state index contributed by atoms with van der Waals surface area (Å²) in [7, 11) is 0. The van der Waals surface area contributed by atoms with E-state index in [1.54, 1.807) is 18.2 Å². The predicted octanol–water partition coefficient (Wildman–Crippen LogP) is 0.0812. The summed E-state index contributed by atoms with van der Waals surface area (Å²) < 4.78 is 42.1. The Labute approximate surface area is 80.2 Å². The van der Waals surface area contributed by atoms with Crippen molar-refractivity contribution in [3.63, 3.8) is 0 Å². The van der Waals surface area contributed by atoms with Crippen LogP contribution in [0.15, 0.2) is 30.3 Å². The summed E-state index contributed by atoms with van der Waals surface area (Å²) in [6.45, 7) is 0. The fourth-order valence-corrected chi connectivity index (χ4v) is 1.76. The summed E-state index contributed by atoms with van der Waals surface area (Å²) in [6.07, 6.45) is 0. The van der Waals surface area contributed by atoms with E-state index < -0.39 is 22.5 Å². The molecular weight excluding hydrogens is 214 g/mol. The first-order chi connectivity index (χ1) is 6.13. The highest BCUT2D eigenvalue weighted by atomic mass is 32.3. The van der Waals surface area contributed by atoms with Crippen molar-refractivity contribution >= 4 is 28.2 Å². The molecule has 2 unspecified atom stereocenters. The Morgan fingerprint density at radius 1 is 1.00 bits per heavy atom. The summed E-state index contributed by atoms with van der Waals surface area (Å²) in [5.41, 5.74) is 0.0872. The molecule has 0 saturated carbocycles. The van der Waals surface area contributed by atoms with Crippen LogP contribution < -0.4 is 3.71 Å². The van der Waals surface area contributed by atoms with Gasteiger partial charge in [-0.3, -0.25) is 8.42 Å². The average molecular weight is 219 g/mol. The van der Waals surface area contributed by atoms with Gasteiger partial charge in [-0.15, -0.1) is 0 Å².